The number of hydrogen-bond acceptors (Lipinski definition) is 6. The molecule has 1 aromatic carbocycles. The maximum atomic E-state index is 12.6. The summed E-state index contributed by atoms with van der Waals surface area (Å²) in [5.41, 5.74) is 2.20. The van der Waals surface area contributed by atoms with Crippen LogP contribution in [0.4, 0.5) is 4.79 Å². The van der Waals surface area contributed by atoms with Crippen molar-refractivity contribution >= 4 is 22.0 Å². The van der Waals surface area contributed by atoms with Crippen LogP contribution in [-0.4, -0.2) is 51.6 Å². The minimum atomic E-state index is -4.01. The van der Waals surface area contributed by atoms with Gasteiger partial charge in [-0.2, -0.15) is 0 Å². The predicted molar refractivity (Wildman–Crippen MR) is 110 cm³/mol. The van der Waals surface area contributed by atoms with Gasteiger partial charge in [0.1, 0.15) is 16.4 Å². The number of amides is 3. The van der Waals surface area contributed by atoms with Crippen molar-refractivity contribution in [2.75, 3.05) is 26.3 Å². The highest BCUT2D eigenvalue weighted by Crippen LogP contribution is 2.39. The number of nitrogens with one attached hydrogen (secondary N) is 1. The Balaban J connectivity index is 1.79. The van der Waals surface area contributed by atoms with Crippen LogP contribution in [0.5, 0.6) is 11.5 Å². The number of primary sulfonamides is 1. The van der Waals surface area contributed by atoms with Gasteiger partial charge in [-0.25, -0.2) is 18.4 Å². The highest BCUT2D eigenvalue weighted by atomic mass is 32.2. The minimum absolute atomic E-state index is 0.118. The number of hydrogen-bond donors (Lipinski definition) is 2. The number of benzene rings is 1. The molecule has 2 aliphatic heterocycles. The fraction of sp³-hybridized carbons (Fsp3) is 0.500. The van der Waals surface area contributed by atoms with Crippen LogP contribution in [0.1, 0.15) is 45.1 Å². The molecule has 9 nitrogen and oxygen atoms in total. The van der Waals surface area contributed by atoms with Gasteiger partial charge in [0.25, 0.3) is 5.91 Å². The number of nitrogens with two attached hydrogens (primary N) is 1. The van der Waals surface area contributed by atoms with Gasteiger partial charge in [0.15, 0.2) is 0 Å². The topological polar surface area (TPSA) is 128 Å². The van der Waals surface area contributed by atoms with Gasteiger partial charge in [0, 0.05) is 29.7 Å². The second-order valence-corrected chi connectivity index (χ2v) is 8.87. The molecule has 0 aliphatic carbocycles. The Morgan fingerprint density at radius 2 is 2.10 bits per heavy atom. The highest BCUT2D eigenvalue weighted by molar-refractivity contribution is 7.89. The Morgan fingerprint density at radius 1 is 1.37 bits per heavy atom. The Bertz CT molecular complexity index is 1000. The molecule has 0 radical (unpaired) electrons. The lowest BCUT2D eigenvalue weighted by molar-refractivity contribution is -0.123. The van der Waals surface area contributed by atoms with Crippen molar-refractivity contribution < 1.29 is 27.5 Å². The molecule has 1 atom stereocenters. The number of sulfonamides is 1. The summed E-state index contributed by atoms with van der Waals surface area (Å²) in [5, 5.41) is 8.16. The first-order valence-electron chi connectivity index (χ1n) is 9.92. The van der Waals surface area contributed by atoms with Gasteiger partial charge in [-0.1, -0.05) is 6.92 Å². The molecule has 0 saturated carbocycles. The smallest absolute Gasteiger partial charge is 0.324 e. The summed E-state index contributed by atoms with van der Waals surface area (Å²) in [6.07, 6.45) is 1.16. The van der Waals surface area contributed by atoms with E-state index in [-0.39, 0.29) is 42.2 Å². The van der Waals surface area contributed by atoms with E-state index < -0.39 is 16.1 Å². The quantitative estimate of drug-likeness (QED) is 0.699. The lowest BCUT2D eigenvalue weighted by Crippen LogP contribution is -2.43. The molecule has 3 N–H and O–H groups in total. The number of carbonyl (C=O) groups excluding carboxylic acids is 2. The lowest BCUT2D eigenvalue weighted by atomic mass is 9.93. The first-order valence-corrected chi connectivity index (χ1v) is 11.5. The van der Waals surface area contributed by atoms with E-state index in [9.17, 15) is 18.0 Å². The summed E-state index contributed by atoms with van der Waals surface area (Å²) in [6, 6.07) is 2.51. The van der Waals surface area contributed by atoms with Crippen molar-refractivity contribution in [2.45, 2.75) is 44.4 Å². The summed E-state index contributed by atoms with van der Waals surface area (Å²) in [7, 11) is -4.01. The highest BCUT2D eigenvalue weighted by Gasteiger charge is 2.33. The maximum Gasteiger partial charge on any atom is 0.324 e. The first kappa shape index (κ1) is 22.1. The van der Waals surface area contributed by atoms with Gasteiger partial charge < -0.3 is 14.8 Å². The summed E-state index contributed by atoms with van der Waals surface area (Å²) in [5.74, 6) is 0.183. The van der Waals surface area contributed by atoms with Crippen molar-refractivity contribution in [2.24, 2.45) is 5.14 Å². The van der Waals surface area contributed by atoms with E-state index in [4.69, 9.17) is 14.6 Å². The number of ether oxygens (including phenoxy) is 2. The summed E-state index contributed by atoms with van der Waals surface area (Å²) in [6.45, 7) is 6.68. The van der Waals surface area contributed by atoms with Crippen molar-refractivity contribution in [3.05, 3.63) is 28.8 Å². The zero-order valence-corrected chi connectivity index (χ0v) is 18.2. The number of fused-ring (bicyclic) bond motifs is 1. The zero-order chi connectivity index (χ0) is 22.1. The minimum Gasteiger partial charge on any atom is -0.493 e. The van der Waals surface area contributed by atoms with Crippen molar-refractivity contribution in [3.8, 4) is 11.5 Å². The maximum absolute atomic E-state index is 12.6. The van der Waals surface area contributed by atoms with Gasteiger partial charge in [-0.3, -0.25) is 9.69 Å². The van der Waals surface area contributed by atoms with Gasteiger partial charge in [0.05, 0.1) is 19.8 Å². The SMILES string of the molecule is CCOc1cc2c(cc1S(N)(=O)=O)C(CNC(=O)N1CC(C)=C(CC)C1=O)CCO2. The number of carbonyl (C=O) groups is 2. The Labute approximate surface area is 176 Å². The molecule has 2 aliphatic rings. The largest absolute Gasteiger partial charge is 0.493 e. The average molecular weight is 438 g/mol. The summed E-state index contributed by atoms with van der Waals surface area (Å²) >= 11 is 0. The van der Waals surface area contributed by atoms with E-state index >= 15 is 0 Å². The van der Waals surface area contributed by atoms with Crippen molar-refractivity contribution in [1.82, 2.24) is 10.2 Å². The molecule has 0 bridgehead atoms. The van der Waals surface area contributed by atoms with E-state index in [1.54, 1.807) is 6.92 Å². The number of rotatable bonds is 6. The van der Waals surface area contributed by atoms with Crippen LogP contribution in [0, 0.1) is 0 Å². The fourth-order valence-electron chi connectivity index (χ4n) is 3.84. The van der Waals surface area contributed by atoms with Crippen LogP contribution in [0.25, 0.3) is 0 Å². The molecule has 30 heavy (non-hydrogen) atoms. The van der Waals surface area contributed by atoms with Gasteiger partial charge >= 0.3 is 6.03 Å². The third-order valence-electron chi connectivity index (χ3n) is 5.36. The van der Waals surface area contributed by atoms with E-state index in [0.717, 1.165) is 5.57 Å². The average Bonchev–Trinajstić information content (AvgIpc) is 2.98. The second-order valence-electron chi connectivity index (χ2n) is 7.34. The van der Waals surface area contributed by atoms with E-state index in [1.165, 1.54) is 17.0 Å². The Kier molecular flexibility index (Phi) is 6.37. The molecule has 0 spiro atoms. The van der Waals surface area contributed by atoms with Crippen LogP contribution < -0.4 is 19.9 Å². The zero-order valence-electron chi connectivity index (χ0n) is 17.4. The van der Waals surface area contributed by atoms with Crippen LogP contribution in [0.15, 0.2) is 28.2 Å². The molecule has 1 unspecified atom stereocenters. The molecule has 0 fully saturated rings. The number of urea groups is 1. The molecular formula is C20H27N3O6S. The molecule has 3 rings (SSSR count). The predicted octanol–water partition coefficient (Wildman–Crippen LogP) is 1.88. The lowest BCUT2D eigenvalue weighted by Gasteiger charge is -2.28. The molecule has 164 valence electrons. The van der Waals surface area contributed by atoms with Crippen molar-refractivity contribution in [3.63, 3.8) is 0 Å². The van der Waals surface area contributed by atoms with Crippen LogP contribution in [0.2, 0.25) is 0 Å². The number of nitrogens with zero attached hydrogens (tertiary/aromatic N) is 1. The number of imide groups is 1. The van der Waals surface area contributed by atoms with Crippen LogP contribution in [-0.2, 0) is 14.8 Å². The van der Waals surface area contributed by atoms with E-state index in [2.05, 4.69) is 5.32 Å². The van der Waals surface area contributed by atoms with Gasteiger partial charge in [-0.15, -0.1) is 0 Å². The van der Waals surface area contributed by atoms with Crippen LogP contribution >= 0.6 is 0 Å². The molecule has 2 heterocycles. The van der Waals surface area contributed by atoms with Gasteiger partial charge in [0.2, 0.25) is 10.0 Å². The van der Waals surface area contributed by atoms with Gasteiger partial charge in [-0.05, 0) is 38.3 Å². The fourth-order valence-corrected chi connectivity index (χ4v) is 4.53. The normalized spacial score (nSPS) is 18.9. The van der Waals surface area contributed by atoms with E-state index in [1.807, 2.05) is 13.8 Å². The molecule has 1 aromatic rings. The molecule has 0 saturated heterocycles. The Morgan fingerprint density at radius 3 is 2.70 bits per heavy atom. The van der Waals surface area contributed by atoms with Crippen molar-refractivity contribution in [1.29, 1.82) is 0 Å². The second kappa shape index (κ2) is 8.65. The molecule has 3 amide bonds. The third-order valence-corrected chi connectivity index (χ3v) is 6.29. The van der Waals surface area contributed by atoms with Crippen LogP contribution in [0.3, 0.4) is 0 Å². The summed E-state index contributed by atoms with van der Waals surface area (Å²) < 4.78 is 35.1. The monoisotopic (exact) mass is 437 g/mol. The Hall–Kier alpha value is -2.59. The molecule has 10 heteroatoms. The first-order chi connectivity index (χ1) is 14.2. The molecular weight excluding hydrogens is 410 g/mol. The summed E-state index contributed by atoms with van der Waals surface area (Å²) in [4.78, 5) is 26.0. The third kappa shape index (κ3) is 4.29. The molecule has 0 aromatic heterocycles. The van der Waals surface area contributed by atoms with E-state index in [0.29, 0.717) is 36.3 Å². The standard InChI is InChI=1S/C20H27N3O6S/c1-4-14-12(3)11-23(19(14)24)20(25)22-10-13-6-7-29-16-9-17(28-5-2)18(8-15(13)16)30(21,26)27/h8-9,13H,4-7,10-11H2,1-3H3,(H,22,25)(H2,21,26,27).